The van der Waals surface area contributed by atoms with Crippen molar-refractivity contribution in [3.63, 3.8) is 0 Å². The highest BCUT2D eigenvalue weighted by Crippen LogP contribution is 2.35. The number of hydrogen-bond donors (Lipinski definition) is 0. The maximum absolute atomic E-state index is 5.78. The second kappa shape index (κ2) is 62.0. The van der Waals surface area contributed by atoms with Crippen LogP contribution in [-0.2, 0) is 90.0 Å². The molecule has 0 atom stereocenters. The van der Waals surface area contributed by atoms with Crippen molar-refractivity contribution < 1.29 is 90.0 Å². The molecule has 606 valence electrons. The zero-order valence-corrected chi connectivity index (χ0v) is 68.8. The van der Waals surface area contributed by atoms with E-state index in [1.165, 1.54) is 128 Å². The molecule has 0 N–H and O–H groups in total. The zero-order chi connectivity index (χ0) is 74.4. The van der Waals surface area contributed by atoms with Crippen LogP contribution in [0.5, 0.6) is 0 Å². The number of hydrogen-bond acceptors (Lipinski definition) is 19. The number of rotatable bonds is 53. The molecular formula is C82H164O19. The van der Waals surface area contributed by atoms with E-state index in [0.29, 0.717) is 51.1 Å². The third-order valence-corrected chi connectivity index (χ3v) is 20.3. The highest BCUT2D eigenvalue weighted by Gasteiger charge is 2.40. The van der Waals surface area contributed by atoms with Crippen molar-refractivity contribution in [2.75, 3.05) is 254 Å². The molecule has 0 amide bonds. The summed E-state index contributed by atoms with van der Waals surface area (Å²) >= 11 is 0. The van der Waals surface area contributed by atoms with Gasteiger partial charge in [0.05, 0.1) is 172 Å². The maximum Gasteiger partial charge on any atom is 0.0700 e. The van der Waals surface area contributed by atoms with Gasteiger partial charge in [-0.1, -0.05) is 166 Å². The summed E-state index contributed by atoms with van der Waals surface area (Å²) in [6.07, 6.45) is 31.7. The normalized spacial score (nSPS) is 20.1. The minimum Gasteiger partial charge on any atom is -0.385 e. The molecule has 8 aliphatic heterocycles. The average Bonchev–Trinajstić information content (AvgIpc) is 0.848. The first kappa shape index (κ1) is 98.2. The van der Waals surface area contributed by atoms with Crippen LogP contribution in [0.3, 0.4) is 0 Å². The fraction of sp³-hybridized carbons (Fsp3) is 1.00. The molecule has 0 saturated carbocycles. The highest BCUT2D eigenvalue weighted by atomic mass is 16.6. The first-order chi connectivity index (χ1) is 48.9. The summed E-state index contributed by atoms with van der Waals surface area (Å²) in [6.45, 7) is 52.7. The Labute approximate surface area is 620 Å². The second-order valence-corrected chi connectivity index (χ2v) is 32.1. The monoisotopic (exact) mass is 1450 g/mol. The van der Waals surface area contributed by atoms with Gasteiger partial charge in [0.25, 0.3) is 0 Å². The van der Waals surface area contributed by atoms with Crippen molar-refractivity contribution in [1.29, 1.82) is 0 Å². The van der Waals surface area contributed by atoms with Crippen molar-refractivity contribution in [3.8, 4) is 0 Å². The second-order valence-electron chi connectivity index (χ2n) is 32.1. The summed E-state index contributed by atoms with van der Waals surface area (Å²) in [4.78, 5) is 0. The van der Waals surface area contributed by atoms with Gasteiger partial charge < -0.3 is 90.0 Å². The van der Waals surface area contributed by atoms with Gasteiger partial charge in [0.2, 0.25) is 0 Å². The Morgan fingerprint density at radius 2 is 0.406 bits per heavy atom. The molecule has 0 aromatic heterocycles. The quantitative estimate of drug-likeness (QED) is 0.0525. The van der Waals surface area contributed by atoms with E-state index in [0.717, 1.165) is 237 Å². The first-order valence-electron chi connectivity index (χ1n) is 40.4. The Hall–Kier alpha value is -0.760. The molecule has 0 bridgehead atoms. The van der Waals surface area contributed by atoms with Crippen molar-refractivity contribution in [3.05, 3.63) is 0 Å². The Balaban J connectivity index is 0.000000582. The summed E-state index contributed by atoms with van der Waals surface area (Å²) in [5, 5.41) is 0. The topological polar surface area (TPSA) is 175 Å². The lowest BCUT2D eigenvalue weighted by Gasteiger charge is -2.40. The Kier molecular flexibility index (Phi) is 60.4. The molecule has 0 unspecified atom stereocenters. The van der Waals surface area contributed by atoms with E-state index in [2.05, 4.69) is 76.2 Å². The molecule has 101 heavy (non-hydrogen) atoms. The fourth-order valence-corrected chi connectivity index (χ4v) is 11.6. The van der Waals surface area contributed by atoms with Crippen molar-refractivity contribution in [2.24, 2.45) is 43.3 Å². The molecular weight excluding hydrogens is 1290 g/mol. The molecule has 8 rings (SSSR count). The summed E-state index contributed by atoms with van der Waals surface area (Å²) in [7, 11) is 8.61. The third-order valence-electron chi connectivity index (χ3n) is 20.3. The average molecular weight is 1450 g/mol. The summed E-state index contributed by atoms with van der Waals surface area (Å²) < 4.78 is 99.8. The van der Waals surface area contributed by atoms with Crippen molar-refractivity contribution in [1.82, 2.24) is 0 Å². The molecule has 8 heterocycles. The van der Waals surface area contributed by atoms with Gasteiger partial charge in [0.1, 0.15) is 0 Å². The van der Waals surface area contributed by atoms with E-state index in [4.69, 9.17) is 90.0 Å². The summed E-state index contributed by atoms with van der Waals surface area (Å²) in [5.74, 6) is 0. The van der Waals surface area contributed by atoms with E-state index < -0.39 is 0 Å². The largest absolute Gasteiger partial charge is 0.385 e. The predicted molar refractivity (Wildman–Crippen MR) is 408 cm³/mol. The van der Waals surface area contributed by atoms with E-state index in [-0.39, 0.29) is 5.41 Å². The third kappa shape index (κ3) is 47.7. The van der Waals surface area contributed by atoms with Crippen LogP contribution in [-0.4, -0.2) is 254 Å². The Morgan fingerprint density at radius 1 is 0.198 bits per heavy atom. The first-order valence-corrected chi connectivity index (χ1v) is 40.4. The van der Waals surface area contributed by atoms with Crippen LogP contribution in [0.1, 0.15) is 237 Å². The number of ether oxygens (including phenoxy) is 19. The molecule has 0 aliphatic carbocycles. The molecule has 0 aromatic rings. The fourth-order valence-electron chi connectivity index (χ4n) is 11.6. The molecule has 0 radical (unpaired) electrons. The van der Waals surface area contributed by atoms with Crippen LogP contribution in [0, 0.1) is 43.3 Å². The van der Waals surface area contributed by atoms with Gasteiger partial charge >= 0.3 is 0 Å². The minimum atomic E-state index is 0.272. The lowest BCUT2D eigenvalue weighted by molar-refractivity contribution is -0.150. The molecule has 0 spiro atoms. The molecule has 8 saturated heterocycles. The summed E-state index contributed by atoms with van der Waals surface area (Å²) in [6, 6.07) is 0. The molecule has 19 nitrogen and oxygen atoms in total. The molecule has 8 fully saturated rings. The van der Waals surface area contributed by atoms with Crippen LogP contribution in [0.2, 0.25) is 0 Å². The molecule has 8 aliphatic rings. The van der Waals surface area contributed by atoms with Crippen molar-refractivity contribution in [2.45, 2.75) is 237 Å². The van der Waals surface area contributed by atoms with Gasteiger partial charge in [-0.2, -0.15) is 0 Å². The van der Waals surface area contributed by atoms with Crippen LogP contribution >= 0.6 is 0 Å². The van der Waals surface area contributed by atoms with Crippen molar-refractivity contribution >= 4 is 0 Å². The lowest BCUT2D eigenvalue weighted by atomic mass is 9.84. The smallest absolute Gasteiger partial charge is 0.0700 e. The van der Waals surface area contributed by atoms with E-state index >= 15 is 0 Å². The minimum absolute atomic E-state index is 0.272. The highest BCUT2D eigenvalue weighted by molar-refractivity contribution is 4.87. The molecule has 19 heteroatoms. The molecule has 0 aromatic carbocycles. The van der Waals surface area contributed by atoms with E-state index in [1.807, 2.05) is 0 Å². The SMILES string of the molecule is CCC1(COC)COC1.CCC1(COCCCCOC)COC1.CCCCCCCCCOCC1(CC)COC1.CCCCCCCCOCC1(CC)COC1.CCCCCCOCC1(C)COC1.COCC1(C)COC1.COCCCCOCC1(C)COC1.COCCOCC1(C)COC1. The summed E-state index contributed by atoms with van der Waals surface area (Å²) in [5.41, 5.74) is 2.65. The van der Waals surface area contributed by atoms with E-state index in [1.54, 1.807) is 35.5 Å². The predicted octanol–water partition coefficient (Wildman–Crippen LogP) is 16.3. The van der Waals surface area contributed by atoms with Gasteiger partial charge in [-0.15, -0.1) is 0 Å². The van der Waals surface area contributed by atoms with Gasteiger partial charge in [0, 0.05) is 125 Å². The van der Waals surface area contributed by atoms with Crippen LogP contribution in [0.4, 0.5) is 0 Å². The van der Waals surface area contributed by atoms with Gasteiger partial charge in [-0.3, -0.25) is 0 Å². The van der Waals surface area contributed by atoms with Gasteiger partial charge in [-0.25, -0.2) is 0 Å². The van der Waals surface area contributed by atoms with Crippen LogP contribution in [0.25, 0.3) is 0 Å². The lowest BCUT2D eigenvalue weighted by Crippen LogP contribution is -2.45. The van der Waals surface area contributed by atoms with E-state index in [9.17, 15) is 0 Å². The maximum atomic E-state index is 5.78. The zero-order valence-electron chi connectivity index (χ0n) is 68.8. The van der Waals surface area contributed by atoms with Gasteiger partial charge in [-0.05, 0) is 70.6 Å². The Bertz CT molecular complexity index is 1710. The Morgan fingerprint density at radius 3 is 0.614 bits per heavy atom. The number of unbranched alkanes of at least 4 members (excludes halogenated alkanes) is 16. The standard InChI is InChI=1S/C15H30O2.C14H28O2.C11H22O3.C11H22O2.C10H20O3.C8H16O3.C7H14O2.C6H12O2/c1-3-5-6-7-8-9-10-11-16-12-15(4-2)13-17-14-15;1-3-5-6-7-8-9-10-15-11-14(4-2)12-16-13-14;1-3-11(9-14-10-11)8-13-7-5-4-6-12-2;1-3-4-5-6-7-12-8-11(2)9-13-10-11;1-10(8-13-9-10)7-12-6-4-3-5-11-2;1-8(6-11-7-8)5-10-4-3-9-2;1-3-7(4-8-2)5-9-6-7;1-6(3-7-2)4-8-5-6/h3-14H2,1-2H3;3-13H2,1-2H3;3-10H2,1-2H3;3-10H2,1-2H3;3-9H2,1-2H3;3-7H2,1-2H3;3-6H2,1-2H3;3-5H2,1-2H3. The number of methoxy groups -OCH3 is 5. The van der Waals surface area contributed by atoms with Crippen LogP contribution in [0.15, 0.2) is 0 Å². The van der Waals surface area contributed by atoms with Gasteiger partial charge in [0.15, 0.2) is 0 Å². The van der Waals surface area contributed by atoms with Crippen LogP contribution < -0.4 is 0 Å².